The van der Waals surface area contributed by atoms with Crippen molar-refractivity contribution in [1.82, 2.24) is 0 Å². The van der Waals surface area contributed by atoms with Crippen LogP contribution in [0.1, 0.15) is 0 Å². The summed E-state index contributed by atoms with van der Waals surface area (Å²) in [6, 6.07) is 0. The summed E-state index contributed by atoms with van der Waals surface area (Å²) in [5, 5.41) is 0. The first-order valence-corrected chi connectivity index (χ1v) is 3.53. The van der Waals surface area contributed by atoms with Crippen LogP contribution in [-0.2, 0) is 13.1 Å². The standard InChI is InChI=1S/4ClH.2Li.Mn/h4*1H;;;/q;;;;2*+1;+2/p-4. The van der Waals surface area contributed by atoms with E-state index in [4.69, 9.17) is 20.2 Å². The van der Waals surface area contributed by atoms with Gasteiger partial charge < -0.3 is 24.8 Å². The number of hydrogen-bond acceptors (Lipinski definition) is 0. The van der Waals surface area contributed by atoms with Gasteiger partial charge in [-0.05, 0) is 0 Å². The van der Waals surface area contributed by atoms with Crippen LogP contribution in [0.4, 0.5) is 0 Å². The number of halogens is 4. The number of hydrogen-bond donors (Lipinski definition) is 0. The predicted octanol–water partition coefficient (Wildman–Crippen LogP) is -10.6. The normalized spacial score (nSPS) is 2.57. The summed E-state index contributed by atoms with van der Waals surface area (Å²) in [5.74, 6) is 0. The Morgan fingerprint density at radius 3 is 0.857 bits per heavy atom. The van der Waals surface area contributed by atoms with E-state index in [2.05, 4.69) is 0 Å². The summed E-state index contributed by atoms with van der Waals surface area (Å²) in [6.07, 6.45) is 0. The molecule has 0 aliphatic rings. The van der Waals surface area contributed by atoms with Gasteiger partial charge in [-0.1, -0.05) is 0 Å². The fourth-order valence-electron chi connectivity index (χ4n) is 0. The fourth-order valence-corrected chi connectivity index (χ4v) is 0. The van der Waals surface area contributed by atoms with Crippen LogP contribution in [0.5, 0.6) is 0 Å². The monoisotopic (exact) mass is 209 g/mol. The maximum atomic E-state index is 4.80. The van der Waals surface area contributed by atoms with Crippen LogP contribution >= 0.6 is 20.2 Å². The van der Waals surface area contributed by atoms with Gasteiger partial charge in [0.25, 0.3) is 0 Å². The van der Waals surface area contributed by atoms with Gasteiger partial charge in [-0.2, -0.15) is 0 Å². The maximum absolute atomic E-state index is 4.80. The van der Waals surface area contributed by atoms with Gasteiger partial charge in [0.15, 0.2) is 0 Å². The molecule has 7 heteroatoms. The molecule has 0 amide bonds. The van der Waals surface area contributed by atoms with Gasteiger partial charge >= 0.3 is 71.1 Å². The van der Waals surface area contributed by atoms with Gasteiger partial charge in [0.1, 0.15) is 0 Å². The van der Waals surface area contributed by atoms with E-state index in [0.29, 0.717) is 0 Å². The Morgan fingerprint density at radius 2 is 0.857 bits per heavy atom. The summed E-state index contributed by atoms with van der Waals surface area (Å²) < 4.78 is 0. The molecule has 0 saturated carbocycles. The molecule has 7 heavy (non-hydrogen) atoms. The average molecular weight is 211 g/mol. The third-order valence-corrected chi connectivity index (χ3v) is 0. The van der Waals surface area contributed by atoms with Gasteiger partial charge in [-0.15, -0.1) is 0 Å². The fraction of sp³-hybridized carbons (Fsp3) is 0. The second-order valence-corrected chi connectivity index (χ2v) is 2.00. The molecule has 0 aliphatic carbocycles. The molecule has 0 aliphatic heterocycles. The minimum Gasteiger partial charge on any atom is 1.00 e. The summed E-state index contributed by atoms with van der Waals surface area (Å²) >= 11 is 0.00694. The van der Waals surface area contributed by atoms with E-state index in [0.717, 1.165) is 0 Å². The van der Waals surface area contributed by atoms with E-state index >= 15 is 0 Å². The Bertz CT molecular complexity index is 9.65. The molecule has 0 heterocycles. The minimum atomic E-state index is 0. The van der Waals surface area contributed by atoms with Crippen molar-refractivity contribution >= 4 is 20.2 Å². The molecule has 0 nitrogen and oxygen atoms in total. The molecule has 0 aromatic carbocycles. The Balaban J connectivity index is -0.00000000333. The molecule has 37 valence electrons. The molecular formula is Cl4Li2Mn. The van der Waals surface area contributed by atoms with E-state index in [-0.39, 0.29) is 75.7 Å². The smallest absolute Gasteiger partial charge is 1.00 e. The van der Waals surface area contributed by atoms with E-state index in [1.807, 2.05) is 0 Å². The molecule has 0 atom stereocenters. The average Bonchev–Trinajstić information content (AvgIpc) is 0.918. The minimum absolute atomic E-state index is 0. The van der Waals surface area contributed by atoms with Crippen molar-refractivity contribution in [3.8, 4) is 0 Å². The third-order valence-electron chi connectivity index (χ3n) is 0. The molecule has 0 aromatic rings. The molecule has 0 radical (unpaired) electrons. The molecule has 0 unspecified atom stereocenters. The summed E-state index contributed by atoms with van der Waals surface area (Å²) in [5.41, 5.74) is 0. The Labute approximate surface area is 94.6 Å². The van der Waals surface area contributed by atoms with E-state index < -0.39 is 0 Å². The molecule has 0 N–H and O–H groups in total. The van der Waals surface area contributed by atoms with Crippen molar-refractivity contribution in [3.05, 3.63) is 0 Å². The molecular weight excluding hydrogens is 211 g/mol. The second-order valence-electron chi connectivity index (χ2n) is 0.0540. The van der Waals surface area contributed by atoms with Crippen LogP contribution < -0.4 is 62.5 Å². The zero-order valence-electron chi connectivity index (χ0n) is 3.89. The Morgan fingerprint density at radius 1 is 0.857 bits per heavy atom. The predicted molar refractivity (Wildman–Crippen MR) is 11.7 cm³/mol. The van der Waals surface area contributed by atoms with Crippen molar-refractivity contribution in [2.75, 3.05) is 0 Å². The molecule has 0 saturated heterocycles. The molecule has 0 bridgehead atoms. The van der Waals surface area contributed by atoms with Gasteiger partial charge in [-0.25, -0.2) is 0 Å². The van der Waals surface area contributed by atoms with Crippen LogP contribution in [0.25, 0.3) is 0 Å². The second kappa shape index (κ2) is 36.7. The first-order chi connectivity index (χ1) is 1.41. The Hall–Kier alpha value is 2.87. The van der Waals surface area contributed by atoms with Gasteiger partial charge in [0, 0.05) is 0 Å². The van der Waals surface area contributed by atoms with Gasteiger partial charge in [0.05, 0.1) is 0 Å². The summed E-state index contributed by atoms with van der Waals surface area (Å²) in [6.45, 7) is 0. The summed E-state index contributed by atoms with van der Waals surface area (Å²) in [7, 11) is 9.59. The van der Waals surface area contributed by atoms with E-state index in [1.54, 1.807) is 0 Å². The van der Waals surface area contributed by atoms with Crippen LogP contribution in [0.2, 0.25) is 0 Å². The third kappa shape index (κ3) is 50.8. The van der Waals surface area contributed by atoms with Crippen molar-refractivity contribution in [2.24, 2.45) is 0 Å². The van der Waals surface area contributed by atoms with Gasteiger partial charge in [-0.3, -0.25) is 0 Å². The molecule has 0 rings (SSSR count). The van der Waals surface area contributed by atoms with Gasteiger partial charge in [0.2, 0.25) is 0 Å². The van der Waals surface area contributed by atoms with E-state index in [1.165, 1.54) is 0 Å². The maximum Gasteiger partial charge on any atom is 1.00 e. The topological polar surface area (TPSA) is 0 Å². The van der Waals surface area contributed by atoms with Crippen molar-refractivity contribution < 1.29 is 75.7 Å². The molecule has 0 fully saturated rings. The molecule has 0 aromatic heterocycles. The van der Waals surface area contributed by atoms with Crippen LogP contribution in [0, 0.1) is 0 Å². The molecule has 0 spiro atoms. The van der Waals surface area contributed by atoms with Crippen molar-refractivity contribution in [2.45, 2.75) is 0 Å². The zero-order valence-corrected chi connectivity index (χ0v) is 8.09. The first-order valence-electron chi connectivity index (χ1n) is 0.286. The van der Waals surface area contributed by atoms with Crippen LogP contribution in [-0.4, -0.2) is 0 Å². The number of rotatable bonds is 0. The van der Waals surface area contributed by atoms with Crippen molar-refractivity contribution in [3.63, 3.8) is 0 Å². The van der Waals surface area contributed by atoms with Crippen LogP contribution in [0.15, 0.2) is 0 Å². The van der Waals surface area contributed by atoms with Crippen molar-refractivity contribution in [1.29, 1.82) is 0 Å². The Kier molecular flexibility index (Phi) is 171. The largest absolute Gasteiger partial charge is 1.00 e. The van der Waals surface area contributed by atoms with E-state index in [9.17, 15) is 0 Å². The zero-order chi connectivity index (χ0) is 2.71. The quantitative estimate of drug-likeness (QED) is 0.349. The SMILES string of the molecule is [Cl-].[Cl-].[Cl][Mn][Cl].[Li+].[Li+]. The van der Waals surface area contributed by atoms with Crippen LogP contribution in [0.3, 0.4) is 0 Å². The first kappa shape index (κ1) is 32.7. The summed E-state index contributed by atoms with van der Waals surface area (Å²) in [4.78, 5) is 0.